The molecule has 0 unspecified atom stereocenters. The van der Waals surface area contributed by atoms with Gasteiger partial charge in [-0.25, -0.2) is 4.98 Å². The molecule has 0 saturated carbocycles. The predicted octanol–water partition coefficient (Wildman–Crippen LogP) is 2.87. The Labute approximate surface area is 104 Å². The molecule has 1 aliphatic heterocycles. The Bertz CT molecular complexity index is 341. The largest absolute Gasteiger partial charge is 0.356 e. The minimum Gasteiger partial charge on any atom is -0.356 e. The first-order valence-electron chi connectivity index (χ1n) is 6.74. The van der Waals surface area contributed by atoms with Crippen LogP contribution in [0, 0.1) is 0 Å². The molecule has 1 fully saturated rings. The molecule has 94 valence electrons. The zero-order valence-electron chi connectivity index (χ0n) is 10.7. The van der Waals surface area contributed by atoms with E-state index in [0.717, 1.165) is 18.9 Å². The van der Waals surface area contributed by atoms with Gasteiger partial charge in [0.2, 0.25) is 0 Å². The number of nitrogens with zero attached hydrogens (tertiary/aromatic N) is 2. The maximum atomic E-state index is 6.02. The first kappa shape index (κ1) is 12.4. The van der Waals surface area contributed by atoms with Crippen LogP contribution in [-0.4, -0.2) is 18.1 Å². The van der Waals surface area contributed by atoms with E-state index in [4.69, 9.17) is 5.73 Å². The number of rotatable bonds is 2. The predicted molar refractivity (Wildman–Crippen MR) is 72.1 cm³/mol. The van der Waals surface area contributed by atoms with E-state index in [1.165, 1.54) is 37.7 Å². The number of pyridine rings is 1. The summed E-state index contributed by atoms with van der Waals surface area (Å²) in [7, 11) is 0. The van der Waals surface area contributed by atoms with Crippen LogP contribution >= 0.6 is 0 Å². The summed E-state index contributed by atoms with van der Waals surface area (Å²) < 4.78 is 0. The van der Waals surface area contributed by atoms with Gasteiger partial charge in [0.25, 0.3) is 0 Å². The van der Waals surface area contributed by atoms with Gasteiger partial charge < -0.3 is 10.6 Å². The van der Waals surface area contributed by atoms with Gasteiger partial charge in [0.05, 0.1) is 0 Å². The van der Waals surface area contributed by atoms with Crippen LogP contribution in [0.1, 0.15) is 50.6 Å². The van der Waals surface area contributed by atoms with E-state index in [0.29, 0.717) is 0 Å². The maximum Gasteiger partial charge on any atom is 0.133 e. The van der Waals surface area contributed by atoms with Crippen molar-refractivity contribution >= 4 is 5.82 Å². The summed E-state index contributed by atoms with van der Waals surface area (Å²) in [5, 5.41) is 0. The van der Waals surface area contributed by atoms with Crippen LogP contribution in [0.3, 0.4) is 0 Å². The molecule has 0 amide bonds. The molecule has 3 heteroatoms. The lowest BCUT2D eigenvalue weighted by Gasteiger charge is -2.28. The lowest BCUT2D eigenvalue weighted by molar-refractivity contribution is 0.551. The Hall–Kier alpha value is -1.09. The minimum atomic E-state index is 0.0594. The number of aromatic nitrogens is 1. The van der Waals surface area contributed by atoms with Crippen LogP contribution in [0.15, 0.2) is 18.3 Å². The molecule has 1 aromatic rings. The molecule has 1 saturated heterocycles. The maximum absolute atomic E-state index is 6.02. The second-order valence-corrected chi connectivity index (χ2v) is 4.96. The molecular formula is C14H23N3. The Morgan fingerprint density at radius 1 is 1.18 bits per heavy atom. The van der Waals surface area contributed by atoms with Gasteiger partial charge in [-0.2, -0.15) is 0 Å². The first-order valence-corrected chi connectivity index (χ1v) is 6.74. The summed E-state index contributed by atoms with van der Waals surface area (Å²) in [6.07, 6.45) is 8.49. The van der Waals surface area contributed by atoms with Gasteiger partial charge in [0.15, 0.2) is 0 Å². The lowest BCUT2D eigenvalue weighted by atomic mass is 10.1. The molecule has 0 radical (unpaired) electrons. The van der Waals surface area contributed by atoms with Gasteiger partial charge in [0.1, 0.15) is 5.82 Å². The topological polar surface area (TPSA) is 42.1 Å². The quantitative estimate of drug-likeness (QED) is 0.854. The average molecular weight is 233 g/mol. The van der Waals surface area contributed by atoms with E-state index in [-0.39, 0.29) is 6.04 Å². The summed E-state index contributed by atoms with van der Waals surface area (Å²) in [6.45, 7) is 4.28. The Morgan fingerprint density at radius 2 is 1.82 bits per heavy atom. The van der Waals surface area contributed by atoms with Gasteiger partial charge in [0, 0.05) is 30.9 Å². The van der Waals surface area contributed by atoms with Crippen molar-refractivity contribution in [1.29, 1.82) is 0 Å². The van der Waals surface area contributed by atoms with Crippen molar-refractivity contribution in [3.05, 3.63) is 23.9 Å². The van der Waals surface area contributed by atoms with Crippen molar-refractivity contribution in [2.24, 2.45) is 5.73 Å². The molecule has 0 aromatic carbocycles. The highest BCUT2D eigenvalue weighted by atomic mass is 15.2. The van der Waals surface area contributed by atoms with Crippen molar-refractivity contribution < 1.29 is 0 Å². The van der Waals surface area contributed by atoms with Crippen LogP contribution in [-0.2, 0) is 0 Å². The van der Waals surface area contributed by atoms with Crippen LogP contribution in [0.2, 0.25) is 0 Å². The number of nitrogens with two attached hydrogens (primary N) is 1. The molecule has 0 bridgehead atoms. The van der Waals surface area contributed by atoms with Crippen molar-refractivity contribution in [2.75, 3.05) is 18.0 Å². The molecule has 2 N–H and O–H groups in total. The number of hydrogen-bond donors (Lipinski definition) is 1. The van der Waals surface area contributed by atoms with E-state index < -0.39 is 0 Å². The van der Waals surface area contributed by atoms with Gasteiger partial charge in [-0.15, -0.1) is 0 Å². The Morgan fingerprint density at radius 3 is 2.47 bits per heavy atom. The normalized spacial score (nSPS) is 19.5. The summed E-state index contributed by atoms with van der Waals surface area (Å²) in [4.78, 5) is 6.96. The highest BCUT2D eigenvalue weighted by Gasteiger charge is 2.15. The van der Waals surface area contributed by atoms with E-state index in [1.807, 2.05) is 19.2 Å². The van der Waals surface area contributed by atoms with Crippen molar-refractivity contribution in [3.8, 4) is 0 Å². The van der Waals surface area contributed by atoms with Crippen LogP contribution in [0.5, 0.6) is 0 Å². The van der Waals surface area contributed by atoms with Gasteiger partial charge >= 0.3 is 0 Å². The average Bonchev–Trinajstić information content (AvgIpc) is 2.28. The third kappa shape index (κ3) is 3.19. The minimum absolute atomic E-state index is 0.0594. The van der Waals surface area contributed by atoms with Crippen LogP contribution in [0.25, 0.3) is 0 Å². The molecule has 2 heterocycles. The smallest absolute Gasteiger partial charge is 0.133 e. The van der Waals surface area contributed by atoms with E-state index in [9.17, 15) is 0 Å². The third-order valence-corrected chi connectivity index (χ3v) is 3.46. The molecule has 1 atom stereocenters. The van der Waals surface area contributed by atoms with E-state index >= 15 is 0 Å². The van der Waals surface area contributed by atoms with Crippen LogP contribution < -0.4 is 10.6 Å². The van der Waals surface area contributed by atoms with Crippen molar-refractivity contribution in [3.63, 3.8) is 0 Å². The second kappa shape index (κ2) is 6.01. The van der Waals surface area contributed by atoms with Gasteiger partial charge in [-0.3, -0.25) is 0 Å². The molecule has 0 spiro atoms. The molecule has 3 nitrogen and oxygen atoms in total. The summed E-state index contributed by atoms with van der Waals surface area (Å²) in [5.41, 5.74) is 7.20. The van der Waals surface area contributed by atoms with Crippen molar-refractivity contribution in [1.82, 2.24) is 4.98 Å². The first-order chi connectivity index (χ1) is 8.29. The number of anilines is 1. The molecular weight excluding hydrogens is 210 g/mol. The Balaban J connectivity index is 2.18. The van der Waals surface area contributed by atoms with E-state index in [2.05, 4.69) is 16.0 Å². The molecule has 2 rings (SSSR count). The zero-order valence-corrected chi connectivity index (χ0v) is 10.7. The zero-order chi connectivity index (χ0) is 12.1. The summed E-state index contributed by atoms with van der Waals surface area (Å²) in [5.74, 6) is 1.10. The standard InChI is InChI=1S/C14H23N3/c1-12(15)13-8-7-9-16-14(13)17-10-5-3-2-4-6-11-17/h7-9,12H,2-6,10-11,15H2,1H3/t12-/m1/s1. The summed E-state index contributed by atoms with van der Waals surface area (Å²) in [6, 6.07) is 4.14. The molecule has 17 heavy (non-hydrogen) atoms. The lowest BCUT2D eigenvalue weighted by Crippen LogP contribution is -2.29. The van der Waals surface area contributed by atoms with Gasteiger partial charge in [-0.05, 0) is 25.8 Å². The monoisotopic (exact) mass is 233 g/mol. The van der Waals surface area contributed by atoms with Gasteiger partial charge in [-0.1, -0.05) is 25.3 Å². The SMILES string of the molecule is C[C@@H](N)c1cccnc1N1CCCCCCC1. The molecule has 0 aliphatic carbocycles. The van der Waals surface area contributed by atoms with Crippen LogP contribution in [0.4, 0.5) is 5.82 Å². The summed E-state index contributed by atoms with van der Waals surface area (Å²) >= 11 is 0. The number of hydrogen-bond acceptors (Lipinski definition) is 3. The Kier molecular flexibility index (Phi) is 4.37. The fourth-order valence-electron chi connectivity index (χ4n) is 2.49. The fourth-order valence-corrected chi connectivity index (χ4v) is 2.49. The molecule has 1 aromatic heterocycles. The second-order valence-electron chi connectivity index (χ2n) is 4.96. The molecule has 1 aliphatic rings. The fraction of sp³-hybridized carbons (Fsp3) is 0.643. The third-order valence-electron chi connectivity index (χ3n) is 3.46. The van der Waals surface area contributed by atoms with E-state index in [1.54, 1.807) is 0 Å². The van der Waals surface area contributed by atoms with Crippen molar-refractivity contribution in [2.45, 2.75) is 45.1 Å². The highest BCUT2D eigenvalue weighted by molar-refractivity contribution is 5.48. The highest BCUT2D eigenvalue weighted by Crippen LogP contribution is 2.24.